The van der Waals surface area contributed by atoms with Crippen LogP contribution in [0, 0.1) is 6.92 Å². The van der Waals surface area contributed by atoms with E-state index in [1.54, 1.807) is 12.4 Å². The highest BCUT2D eigenvalue weighted by Crippen LogP contribution is 2.29. The molecule has 0 N–H and O–H groups in total. The van der Waals surface area contributed by atoms with Crippen molar-refractivity contribution in [1.29, 1.82) is 0 Å². The van der Waals surface area contributed by atoms with E-state index in [-0.39, 0.29) is 11.8 Å². The van der Waals surface area contributed by atoms with Crippen LogP contribution in [-0.2, 0) is 11.3 Å². The van der Waals surface area contributed by atoms with Gasteiger partial charge in [0.2, 0.25) is 5.91 Å². The largest absolute Gasteiger partial charge is 0.338 e. The second kappa shape index (κ2) is 6.47. The molecule has 0 saturated carbocycles. The van der Waals surface area contributed by atoms with Crippen LogP contribution in [-0.4, -0.2) is 32.5 Å². The predicted molar refractivity (Wildman–Crippen MR) is 91.5 cm³/mol. The number of rotatable bonds is 4. The summed E-state index contributed by atoms with van der Waals surface area (Å²) in [5.41, 5.74) is 3.16. The van der Waals surface area contributed by atoms with Gasteiger partial charge in [0.05, 0.1) is 0 Å². The van der Waals surface area contributed by atoms with E-state index in [0.717, 1.165) is 11.1 Å². The highest BCUT2D eigenvalue weighted by Gasteiger charge is 2.33. The Hall–Kier alpha value is -3.02. The summed E-state index contributed by atoms with van der Waals surface area (Å²) < 4.78 is 5.35. The van der Waals surface area contributed by atoms with Gasteiger partial charge in [-0.3, -0.25) is 9.78 Å². The van der Waals surface area contributed by atoms with E-state index in [2.05, 4.69) is 34.2 Å². The molecule has 6 heteroatoms. The maximum atomic E-state index is 12.4. The van der Waals surface area contributed by atoms with E-state index in [1.807, 2.05) is 29.2 Å². The van der Waals surface area contributed by atoms with Crippen LogP contribution in [0.3, 0.4) is 0 Å². The average molecular weight is 334 g/mol. The number of hydrogen-bond donors (Lipinski definition) is 0. The molecular formula is C19H18N4O2. The van der Waals surface area contributed by atoms with Crippen molar-refractivity contribution in [3.8, 4) is 11.5 Å². The molecular weight excluding hydrogens is 316 g/mol. The quantitative estimate of drug-likeness (QED) is 0.733. The Morgan fingerprint density at radius 3 is 2.88 bits per heavy atom. The normalized spacial score (nSPS) is 17.2. The number of amides is 1. The maximum Gasteiger partial charge on any atom is 0.258 e. The van der Waals surface area contributed by atoms with Gasteiger partial charge in [0, 0.05) is 43.4 Å². The van der Waals surface area contributed by atoms with Crippen molar-refractivity contribution in [2.45, 2.75) is 25.8 Å². The number of carbonyl (C=O) groups excluding carboxylic acids is 1. The summed E-state index contributed by atoms with van der Waals surface area (Å²) in [6, 6.07) is 11.9. The van der Waals surface area contributed by atoms with E-state index in [1.165, 1.54) is 5.56 Å². The summed E-state index contributed by atoms with van der Waals surface area (Å²) in [4.78, 5) is 22.7. The van der Waals surface area contributed by atoms with Crippen molar-refractivity contribution < 1.29 is 9.32 Å². The Labute approximate surface area is 145 Å². The van der Waals surface area contributed by atoms with Crippen LogP contribution >= 0.6 is 0 Å². The molecule has 4 rings (SSSR count). The van der Waals surface area contributed by atoms with E-state index in [9.17, 15) is 4.79 Å². The van der Waals surface area contributed by atoms with Crippen molar-refractivity contribution in [2.24, 2.45) is 0 Å². The van der Waals surface area contributed by atoms with Gasteiger partial charge >= 0.3 is 0 Å². The Kier molecular flexibility index (Phi) is 4.01. The number of carbonyl (C=O) groups is 1. The molecule has 3 heterocycles. The first kappa shape index (κ1) is 15.5. The average Bonchev–Trinajstić information content (AvgIpc) is 3.23. The van der Waals surface area contributed by atoms with Gasteiger partial charge in [0.1, 0.15) is 0 Å². The maximum absolute atomic E-state index is 12.4. The third kappa shape index (κ3) is 3.28. The van der Waals surface area contributed by atoms with Gasteiger partial charge in [-0.1, -0.05) is 35.0 Å². The fourth-order valence-electron chi connectivity index (χ4n) is 3.14. The summed E-state index contributed by atoms with van der Waals surface area (Å²) >= 11 is 0. The standard InChI is InChI=1S/C19H18N4O2/c1-13-3-2-4-14(9-13)11-23-12-16(10-17(23)24)18-21-19(25-22-18)15-5-7-20-8-6-15/h2-9,16H,10-12H2,1H3/t16-/m0/s1. The van der Waals surface area contributed by atoms with Gasteiger partial charge < -0.3 is 9.42 Å². The second-order valence-corrected chi connectivity index (χ2v) is 6.36. The van der Waals surface area contributed by atoms with Gasteiger partial charge in [-0.2, -0.15) is 4.98 Å². The highest BCUT2D eigenvalue weighted by molar-refractivity contribution is 5.79. The number of nitrogens with zero attached hydrogens (tertiary/aromatic N) is 4. The van der Waals surface area contributed by atoms with E-state index < -0.39 is 0 Å². The summed E-state index contributed by atoms with van der Waals surface area (Å²) in [6.07, 6.45) is 3.78. The van der Waals surface area contributed by atoms with Crippen LogP contribution in [0.1, 0.15) is 29.3 Å². The van der Waals surface area contributed by atoms with Gasteiger partial charge in [0.15, 0.2) is 5.82 Å². The Morgan fingerprint density at radius 2 is 2.08 bits per heavy atom. The third-order valence-corrected chi connectivity index (χ3v) is 4.40. The number of likely N-dealkylation sites (tertiary alicyclic amines) is 1. The summed E-state index contributed by atoms with van der Waals surface area (Å²) in [6.45, 7) is 3.28. The molecule has 1 amide bonds. The van der Waals surface area contributed by atoms with Gasteiger partial charge in [-0.05, 0) is 24.6 Å². The Balaban J connectivity index is 1.48. The molecule has 3 aromatic rings. The van der Waals surface area contributed by atoms with Gasteiger partial charge in [0.25, 0.3) is 5.89 Å². The van der Waals surface area contributed by atoms with Gasteiger partial charge in [-0.25, -0.2) is 0 Å². The molecule has 0 bridgehead atoms. The summed E-state index contributed by atoms with van der Waals surface area (Å²) in [7, 11) is 0. The molecule has 0 spiro atoms. The van der Waals surface area contributed by atoms with E-state index >= 15 is 0 Å². The molecule has 1 atom stereocenters. The van der Waals surface area contributed by atoms with Crippen molar-refractivity contribution in [2.75, 3.05) is 6.54 Å². The van der Waals surface area contributed by atoms with Gasteiger partial charge in [-0.15, -0.1) is 0 Å². The second-order valence-electron chi connectivity index (χ2n) is 6.36. The van der Waals surface area contributed by atoms with Crippen molar-refractivity contribution >= 4 is 5.91 Å². The SMILES string of the molecule is Cc1cccc(CN2C[C@@H](c3noc(-c4ccncc4)n3)CC2=O)c1. The molecule has 25 heavy (non-hydrogen) atoms. The Bertz CT molecular complexity index is 891. The molecule has 1 aromatic carbocycles. The zero-order chi connectivity index (χ0) is 17.2. The molecule has 1 fully saturated rings. The molecule has 1 aliphatic rings. The molecule has 6 nitrogen and oxygen atoms in total. The van der Waals surface area contributed by atoms with Crippen LogP contribution in [0.4, 0.5) is 0 Å². The van der Waals surface area contributed by atoms with Crippen LogP contribution in [0.5, 0.6) is 0 Å². The van der Waals surface area contributed by atoms with Crippen LogP contribution in [0.2, 0.25) is 0 Å². The lowest BCUT2D eigenvalue weighted by atomic mass is 10.1. The van der Waals surface area contributed by atoms with Crippen molar-refractivity contribution in [3.05, 3.63) is 65.7 Å². The number of aryl methyl sites for hydroxylation is 1. The lowest BCUT2D eigenvalue weighted by molar-refractivity contribution is -0.128. The molecule has 126 valence electrons. The highest BCUT2D eigenvalue weighted by atomic mass is 16.5. The Morgan fingerprint density at radius 1 is 1.24 bits per heavy atom. The molecule has 1 aliphatic heterocycles. The lowest BCUT2D eigenvalue weighted by Gasteiger charge is -2.16. The predicted octanol–water partition coefficient (Wildman–Crippen LogP) is 2.96. The summed E-state index contributed by atoms with van der Waals surface area (Å²) in [5, 5.41) is 4.08. The minimum Gasteiger partial charge on any atom is -0.338 e. The fraction of sp³-hybridized carbons (Fsp3) is 0.263. The van der Waals surface area contributed by atoms with Crippen LogP contribution in [0.25, 0.3) is 11.5 Å². The zero-order valence-electron chi connectivity index (χ0n) is 13.9. The molecule has 2 aromatic heterocycles. The van der Waals surface area contributed by atoms with Crippen molar-refractivity contribution in [3.63, 3.8) is 0 Å². The first-order chi connectivity index (χ1) is 12.2. The van der Waals surface area contributed by atoms with Crippen LogP contribution in [0.15, 0.2) is 53.3 Å². The number of pyridine rings is 1. The van der Waals surface area contributed by atoms with Crippen molar-refractivity contribution in [1.82, 2.24) is 20.0 Å². The number of benzene rings is 1. The topological polar surface area (TPSA) is 72.1 Å². The van der Waals surface area contributed by atoms with E-state index in [4.69, 9.17) is 4.52 Å². The smallest absolute Gasteiger partial charge is 0.258 e. The lowest BCUT2D eigenvalue weighted by Crippen LogP contribution is -2.24. The molecule has 0 unspecified atom stereocenters. The minimum atomic E-state index is -0.0309. The number of hydrogen-bond acceptors (Lipinski definition) is 5. The van der Waals surface area contributed by atoms with Crippen LogP contribution < -0.4 is 0 Å². The van der Waals surface area contributed by atoms with E-state index in [0.29, 0.717) is 31.2 Å². The third-order valence-electron chi connectivity index (χ3n) is 4.40. The minimum absolute atomic E-state index is 0.0309. The fourth-order valence-corrected chi connectivity index (χ4v) is 3.14. The first-order valence-corrected chi connectivity index (χ1v) is 8.26. The molecule has 1 saturated heterocycles. The first-order valence-electron chi connectivity index (χ1n) is 8.26. The zero-order valence-corrected chi connectivity index (χ0v) is 13.9. The molecule has 0 aliphatic carbocycles. The molecule has 0 radical (unpaired) electrons. The monoisotopic (exact) mass is 334 g/mol. The number of aromatic nitrogens is 3. The summed E-state index contributed by atoms with van der Waals surface area (Å²) in [5.74, 6) is 1.15.